The summed E-state index contributed by atoms with van der Waals surface area (Å²) in [4.78, 5) is 0. The highest BCUT2D eigenvalue weighted by Crippen LogP contribution is 2.06. The van der Waals surface area contributed by atoms with Crippen LogP contribution in [-0.4, -0.2) is 19.5 Å². The van der Waals surface area contributed by atoms with Gasteiger partial charge in [-0.3, -0.25) is 0 Å². The van der Waals surface area contributed by atoms with Crippen LogP contribution in [0.15, 0.2) is 11.9 Å². The van der Waals surface area contributed by atoms with Gasteiger partial charge in [0.05, 0.1) is 12.4 Å². The van der Waals surface area contributed by atoms with Gasteiger partial charge in [0.25, 0.3) is 0 Å². The molecule has 2 nitrogen and oxygen atoms in total. The largest absolute Gasteiger partial charge is 0.353 e. The second-order valence-corrected chi connectivity index (χ2v) is 3.09. The number of ether oxygens (including phenoxy) is 2. The fourth-order valence-electron chi connectivity index (χ4n) is 1.01. The molecule has 1 unspecified atom stereocenters. The van der Waals surface area contributed by atoms with Crippen molar-refractivity contribution in [2.45, 2.75) is 34.0 Å². The van der Waals surface area contributed by atoms with Gasteiger partial charge in [0.1, 0.15) is 0 Å². The fraction of sp³-hybridized carbons (Fsp3) is 0.800. The van der Waals surface area contributed by atoms with E-state index < -0.39 is 0 Å². The maximum atomic E-state index is 12.4. The minimum Gasteiger partial charge on any atom is -0.353 e. The molecule has 0 fully saturated rings. The first-order valence-corrected chi connectivity index (χ1v) is 4.63. The van der Waals surface area contributed by atoms with Crippen molar-refractivity contribution in [2.75, 3.05) is 13.2 Å². The van der Waals surface area contributed by atoms with Crippen LogP contribution in [0.25, 0.3) is 0 Å². The van der Waals surface area contributed by atoms with Gasteiger partial charge in [-0.15, -0.1) is 0 Å². The Balaban J connectivity index is 3.57. The molecule has 0 heterocycles. The summed E-state index contributed by atoms with van der Waals surface area (Å²) < 4.78 is 22.9. The highest BCUT2D eigenvalue weighted by Gasteiger charge is 2.04. The van der Waals surface area contributed by atoms with Crippen molar-refractivity contribution in [3.8, 4) is 0 Å². The number of hydrogen-bond donors (Lipinski definition) is 0. The second kappa shape index (κ2) is 7.04. The monoisotopic (exact) mass is 190 g/mol. The molecule has 0 saturated heterocycles. The lowest BCUT2D eigenvalue weighted by molar-refractivity contribution is -0.131. The Hall–Kier alpha value is -0.410. The summed E-state index contributed by atoms with van der Waals surface area (Å²) in [6.07, 6.45) is 1.33. The Labute approximate surface area is 79.7 Å². The molecule has 0 aliphatic carbocycles. The lowest BCUT2D eigenvalue weighted by Gasteiger charge is -2.14. The fourth-order valence-corrected chi connectivity index (χ4v) is 1.01. The van der Waals surface area contributed by atoms with Gasteiger partial charge in [0.2, 0.25) is 0 Å². The quantitative estimate of drug-likeness (QED) is 0.599. The molecule has 0 aromatic heterocycles. The Bertz CT molecular complexity index is 153. The molecule has 0 amide bonds. The maximum absolute atomic E-state index is 12.4. The molecule has 0 bridgehead atoms. The van der Waals surface area contributed by atoms with E-state index in [1.807, 2.05) is 20.8 Å². The van der Waals surface area contributed by atoms with Crippen molar-refractivity contribution in [1.29, 1.82) is 0 Å². The topological polar surface area (TPSA) is 18.5 Å². The van der Waals surface area contributed by atoms with Crippen molar-refractivity contribution in [3.05, 3.63) is 11.9 Å². The lowest BCUT2D eigenvalue weighted by atomic mass is 10.2. The van der Waals surface area contributed by atoms with Crippen molar-refractivity contribution in [3.63, 3.8) is 0 Å². The molecule has 0 aromatic rings. The summed E-state index contributed by atoms with van der Waals surface area (Å²) in [7, 11) is 0. The molecule has 78 valence electrons. The van der Waals surface area contributed by atoms with Gasteiger partial charge in [-0.1, -0.05) is 6.92 Å². The first kappa shape index (κ1) is 12.6. The molecule has 0 aromatic carbocycles. The van der Waals surface area contributed by atoms with Gasteiger partial charge in [0, 0.05) is 12.5 Å². The zero-order valence-corrected chi connectivity index (χ0v) is 8.84. The van der Waals surface area contributed by atoms with E-state index in [-0.39, 0.29) is 18.0 Å². The van der Waals surface area contributed by atoms with Crippen molar-refractivity contribution in [2.24, 2.45) is 5.92 Å². The zero-order valence-electron chi connectivity index (χ0n) is 8.84. The summed E-state index contributed by atoms with van der Waals surface area (Å²) in [6, 6.07) is 0. The predicted octanol–water partition coefficient (Wildman–Crippen LogP) is 2.89. The molecule has 0 radical (unpaired) electrons. The standard InChI is InChI=1S/C10H19FO2/c1-5-12-10(4)13-7-8(2)6-9(3)11/h6,8,10H,5,7H2,1-4H3/b9-6+/t8-,10?/m1/s1. The average molecular weight is 190 g/mol. The molecule has 0 aliphatic rings. The summed E-state index contributed by atoms with van der Waals surface area (Å²) in [5, 5.41) is 0. The molecule has 0 aliphatic heterocycles. The van der Waals surface area contributed by atoms with E-state index in [0.717, 1.165) is 0 Å². The van der Waals surface area contributed by atoms with Gasteiger partial charge < -0.3 is 9.47 Å². The third-order valence-corrected chi connectivity index (χ3v) is 1.51. The molecule has 2 atom stereocenters. The number of rotatable bonds is 6. The molecule has 0 N–H and O–H groups in total. The molecule has 0 saturated carbocycles. The third kappa shape index (κ3) is 7.94. The van der Waals surface area contributed by atoms with Gasteiger partial charge in [-0.05, 0) is 26.8 Å². The van der Waals surface area contributed by atoms with Crippen LogP contribution in [0.5, 0.6) is 0 Å². The number of allylic oxidation sites excluding steroid dienone is 1. The molecule has 13 heavy (non-hydrogen) atoms. The zero-order chi connectivity index (χ0) is 10.3. The number of hydrogen-bond acceptors (Lipinski definition) is 2. The number of halogens is 1. The Kier molecular flexibility index (Phi) is 6.82. The van der Waals surface area contributed by atoms with Crippen molar-refractivity contribution >= 4 is 0 Å². The van der Waals surface area contributed by atoms with E-state index in [9.17, 15) is 4.39 Å². The van der Waals surface area contributed by atoms with E-state index in [0.29, 0.717) is 13.2 Å². The van der Waals surface area contributed by atoms with Crippen LogP contribution >= 0.6 is 0 Å². The Morgan fingerprint density at radius 2 is 2.00 bits per heavy atom. The van der Waals surface area contributed by atoms with E-state index in [2.05, 4.69) is 0 Å². The van der Waals surface area contributed by atoms with Gasteiger partial charge in [-0.2, -0.15) is 0 Å². The molecular weight excluding hydrogens is 171 g/mol. The average Bonchev–Trinajstić information content (AvgIpc) is 2.00. The predicted molar refractivity (Wildman–Crippen MR) is 51.1 cm³/mol. The van der Waals surface area contributed by atoms with Gasteiger partial charge in [0.15, 0.2) is 6.29 Å². The van der Waals surface area contributed by atoms with Gasteiger partial charge >= 0.3 is 0 Å². The van der Waals surface area contributed by atoms with E-state index in [4.69, 9.17) is 9.47 Å². The van der Waals surface area contributed by atoms with Crippen LogP contribution in [-0.2, 0) is 9.47 Å². The summed E-state index contributed by atoms with van der Waals surface area (Å²) in [6.45, 7) is 8.21. The lowest BCUT2D eigenvalue weighted by Crippen LogP contribution is -2.16. The summed E-state index contributed by atoms with van der Waals surface area (Å²) in [5.74, 6) is -0.0759. The summed E-state index contributed by atoms with van der Waals surface area (Å²) in [5.41, 5.74) is 0. The molecule has 3 heteroatoms. The summed E-state index contributed by atoms with van der Waals surface area (Å²) >= 11 is 0. The van der Waals surface area contributed by atoms with Crippen molar-refractivity contribution in [1.82, 2.24) is 0 Å². The van der Waals surface area contributed by atoms with E-state index in [1.54, 1.807) is 6.08 Å². The molecule has 0 rings (SSSR count). The van der Waals surface area contributed by atoms with Gasteiger partial charge in [-0.25, -0.2) is 4.39 Å². The first-order chi connectivity index (χ1) is 6.06. The Morgan fingerprint density at radius 3 is 2.46 bits per heavy atom. The smallest absolute Gasteiger partial charge is 0.154 e. The second-order valence-electron chi connectivity index (χ2n) is 3.09. The Morgan fingerprint density at radius 1 is 1.38 bits per heavy atom. The van der Waals surface area contributed by atoms with Crippen LogP contribution in [0, 0.1) is 5.92 Å². The maximum Gasteiger partial charge on any atom is 0.154 e. The highest BCUT2D eigenvalue weighted by atomic mass is 19.1. The van der Waals surface area contributed by atoms with Crippen LogP contribution in [0.4, 0.5) is 4.39 Å². The SMILES string of the molecule is CCOC(C)OC[C@H](C)/C=C(\C)F. The van der Waals surface area contributed by atoms with Crippen LogP contribution < -0.4 is 0 Å². The van der Waals surface area contributed by atoms with Crippen LogP contribution in [0.2, 0.25) is 0 Å². The van der Waals surface area contributed by atoms with Crippen molar-refractivity contribution < 1.29 is 13.9 Å². The van der Waals surface area contributed by atoms with Crippen LogP contribution in [0.1, 0.15) is 27.7 Å². The third-order valence-electron chi connectivity index (χ3n) is 1.51. The normalized spacial score (nSPS) is 17.2. The minimum atomic E-state index is -0.208. The molecule has 0 spiro atoms. The van der Waals surface area contributed by atoms with Crippen LogP contribution in [0.3, 0.4) is 0 Å². The first-order valence-electron chi connectivity index (χ1n) is 4.63. The molecular formula is C10H19FO2. The minimum absolute atomic E-state index is 0.0907. The van der Waals surface area contributed by atoms with E-state index >= 15 is 0 Å². The highest BCUT2D eigenvalue weighted by molar-refractivity contribution is 4.90. The van der Waals surface area contributed by atoms with E-state index in [1.165, 1.54) is 6.92 Å².